The number of aromatic nitrogens is 2. The number of nitrogens with zero attached hydrogens (tertiary/aromatic N) is 2. The van der Waals surface area contributed by atoms with Crippen LogP contribution in [0.15, 0.2) is 36.7 Å². The van der Waals surface area contributed by atoms with E-state index in [4.69, 9.17) is 16.3 Å². The van der Waals surface area contributed by atoms with Gasteiger partial charge in [0.25, 0.3) is 0 Å². The molecule has 0 spiro atoms. The molecular formula is C15H18ClN3O. The van der Waals surface area contributed by atoms with Crippen LogP contribution in [0.5, 0.6) is 11.6 Å². The fraction of sp³-hybridized carbons (Fsp3) is 0.333. The number of rotatable bonds is 6. The van der Waals surface area contributed by atoms with E-state index in [0.29, 0.717) is 29.1 Å². The molecule has 0 aliphatic rings. The fourth-order valence-electron chi connectivity index (χ4n) is 1.65. The molecule has 2 rings (SSSR count). The molecule has 0 amide bonds. The van der Waals surface area contributed by atoms with Gasteiger partial charge in [-0.25, -0.2) is 4.98 Å². The summed E-state index contributed by atoms with van der Waals surface area (Å²) < 4.78 is 5.64. The Hall–Kier alpha value is -1.65. The number of hydrogen-bond donors (Lipinski definition) is 1. The fourth-order valence-corrected chi connectivity index (χ4v) is 1.82. The SMILES string of the molecule is CC(C)CNCc1nc(Oc2cccnc2)ccc1Cl. The maximum atomic E-state index is 6.14. The lowest BCUT2D eigenvalue weighted by atomic mass is 10.2. The van der Waals surface area contributed by atoms with E-state index < -0.39 is 0 Å². The molecule has 0 radical (unpaired) electrons. The summed E-state index contributed by atoms with van der Waals surface area (Å²) in [4.78, 5) is 8.42. The minimum absolute atomic E-state index is 0.517. The van der Waals surface area contributed by atoms with Gasteiger partial charge in [0, 0.05) is 18.8 Å². The van der Waals surface area contributed by atoms with Crippen LogP contribution >= 0.6 is 11.6 Å². The molecule has 2 aromatic heterocycles. The maximum Gasteiger partial charge on any atom is 0.219 e. The van der Waals surface area contributed by atoms with Crippen LogP contribution in [0.25, 0.3) is 0 Å². The van der Waals surface area contributed by atoms with Crippen molar-refractivity contribution in [3.8, 4) is 11.6 Å². The summed E-state index contributed by atoms with van der Waals surface area (Å²) in [5.74, 6) is 1.76. The molecule has 0 bridgehead atoms. The van der Waals surface area contributed by atoms with Crippen molar-refractivity contribution in [2.75, 3.05) is 6.54 Å². The molecule has 0 aliphatic heterocycles. The molecule has 106 valence electrons. The van der Waals surface area contributed by atoms with Gasteiger partial charge >= 0.3 is 0 Å². The molecule has 5 heteroatoms. The first kappa shape index (κ1) is 14.8. The van der Waals surface area contributed by atoms with Crippen LogP contribution in [0.1, 0.15) is 19.5 Å². The lowest BCUT2D eigenvalue weighted by Crippen LogP contribution is -2.19. The Morgan fingerprint density at radius 2 is 2.15 bits per heavy atom. The molecule has 0 unspecified atom stereocenters. The highest BCUT2D eigenvalue weighted by atomic mass is 35.5. The van der Waals surface area contributed by atoms with Crippen LogP contribution in [0.4, 0.5) is 0 Å². The molecule has 20 heavy (non-hydrogen) atoms. The van der Waals surface area contributed by atoms with Crippen molar-refractivity contribution in [1.82, 2.24) is 15.3 Å². The number of halogens is 1. The van der Waals surface area contributed by atoms with Gasteiger partial charge in [-0.05, 0) is 30.7 Å². The Balaban J connectivity index is 2.04. The largest absolute Gasteiger partial charge is 0.437 e. The summed E-state index contributed by atoms with van der Waals surface area (Å²) in [5.41, 5.74) is 0.786. The first-order valence-corrected chi connectivity index (χ1v) is 6.97. The van der Waals surface area contributed by atoms with Crippen molar-refractivity contribution in [3.05, 3.63) is 47.4 Å². The Labute approximate surface area is 124 Å². The summed E-state index contributed by atoms with van der Waals surface area (Å²) in [5, 5.41) is 3.96. The minimum atomic E-state index is 0.517. The van der Waals surface area contributed by atoms with Crippen LogP contribution < -0.4 is 10.1 Å². The van der Waals surface area contributed by atoms with E-state index in [1.54, 1.807) is 24.5 Å². The molecule has 2 heterocycles. The summed E-state index contributed by atoms with van der Waals surface area (Å²) in [7, 11) is 0. The van der Waals surface area contributed by atoms with Crippen LogP contribution in [-0.4, -0.2) is 16.5 Å². The molecule has 0 saturated heterocycles. The van der Waals surface area contributed by atoms with E-state index in [0.717, 1.165) is 12.2 Å². The maximum absolute atomic E-state index is 6.14. The highest BCUT2D eigenvalue weighted by molar-refractivity contribution is 6.31. The lowest BCUT2D eigenvalue weighted by molar-refractivity contribution is 0.456. The van der Waals surface area contributed by atoms with E-state index >= 15 is 0 Å². The highest BCUT2D eigenvalue weighted by Crippen LogP contribution is 2.22. The van der Waals surface area contributed by atoms with Crippen molar-refractivity contribution in [3.63, 3.8) is 0 Å². The van der Waals surface area contributed by atoms with Crippen molar-refractivity contribution in [2.45, 2.75) is 20.4 Å². The quantitative estimate of drug-likeness (QED) is 0.882. The van der Waals surface area contributed by atoms with Gasteiger partial charge in [0.15, 0.2) is 0 Å². The van der Waals surface area contributed by atoms with Crippen LogP contribution in [-0.2, 0) is 6.54 Å². The molecule has 0 fully saturated rings. The van der Waals surface area contributed by atoms with E-state index in [1.165, 1.54) is 0 Å². The van der Waals surface area contributed by atoms with Crippen LogP contribution in [0, 0.1) is 5.92 Å². The van der Waals surface area contributed by atoms with Gasteiger partial charge in [-0.3, -0.25) is 4.98 Å². The van der Waals surface area contributed by atoms with Gasteiger partial charge in [0.2, 0.25) is 5.88 Å². The monoisotopic (exact) mass is 291 g/mol. The zero-order valence-electron chi connectivity index (χ0n) is 11.6. The molecule has 2 aromatic rings. The third-order valence-corrected chi connectivity index (χ3v) is 2.94. The summed E-state index contributed by atoms with van der Waals surface area (Å²) >= 11 is 6.14. The molecule has 0 aliphatic carbocycles. The Morgan fingerprint density at radius 1 is 1.30 bits per heavy atom. The first-order valence-electron chi connectivity index (χ1n) is 6.59. The van der Waals surface area contributed by atoms with E-state index in [-0.39, 0.29) is 0 Å². The summed E-state index contributed by atoms with van der Waals surface area (Å²) in [6.45, 7) is 5.86. The van der Waals surface area contributed by atoms with Gasteiger partial charge in [-0.1, -0.05) is 25.4 Å². The second-order valence-corrected chi connectivity index (χ2v) is 5.30. The molecule has 0 aromatic carbocycles. The average molecular weight is 292 g/mol. The zero-order valence-corrected chi connectivity index (χ0v) is 12.4. The number of nitrogens with one attached hydrogen (secondary N) is 1. The van der Waals surface area contributed by atoms with Crippen molar-refractivity contribution >= 4 is 11.6 Å². The number of pyridine rings is 2. The smallest absolute Gasteiger partial charge is 0.219 e. The Bertz CT molecular complexity index is 546. The normalized spacial score (nSPS) is 10.8. The van der Waals surface area contributed by atoms with Gasteiger partial charge in [0.05, 0.1) is 16.9 Å². The van der Waals surface area contributed by atoms with Gasteiger partial charge in [-0.2, -0.15) is 0 Å². The topological polar surface area (TPSA) is 47.0 Å². The molecular weight excluding hydrogens is 274 g/mol. The first-order chi connectivity index (χ1) is 9.65. The Morgan fingerprint density at radius 3 is 2.85 bits per heavy atom. The molecule has 0 atom stereocenters. The van der Waals surface area contributed by atoms with Gasteiger partial charge < -0.3 is 10.1 Å². The zero-order chi connectivity index (χ0) is 14.4. The Kier molecular flexibility index (Phi) is 5.32. The molecule has 0 saturated carbocycles. The number of hydrogen-bond acceptors (Lipinski definition) is 4. The van der Waals surface area contributed by atoms with E-state index in [1.807, 2.05) is 12.1 Å². The van der Waals surface area contributed by atoms with Crippen molar-refractivity contribution in [2.24, 2.45) is 5.92 Å². The highest BCUT2D eigenvalue weighted by Gasteiger charge is 2.06. The van der Waals surface area contributed by atoms with Gasteiger partial charge in [-0.15, -0.1) is 0 Å². The third kappa shape index (κ3) is 4.47. The minimum Gasteiger partial charge on any atom is -0.437 e. The van der Waals surface area contributed by atoms with E-state index in [9.17, 15) is 0 Å². The second kappa shape index (κ2) is 7.22. The predicted molar refractivity (Wildman–Crippen MR) is 80.1 cm³/mol. The summed E-state index contributed by atoms with van der Waals surface area (Å²) in [6, 6.07) is 7.20. The number of ether oxygens (including phenoxy) is 1. The average Bonchev–Trinajstić information content (AvgIpc) is 2.43. The van der Waals surface area contributed by atoms with Crippen molar-refractivity contribution in [1.29, 1.82) is 0 Å². The summed E-state index contributed by atoms with van der Waals surface area (Å²) in [6.07, 6.45) is 3.34. The molecule has 1 N–H and O–H groups in total. The van der Waals surface area contributed by atoms with Crippen molar-refractivity contribution < 1.29 is 4.74 Å². The molecule has 4 nitrogen and oxygen atoms in total. The predicted octanol–water partition coefficient (Wildman–Crippen LogP) is 3.67. The van der Waals surface area contributed by atoms with Crippen LogP contribution in [0.2, 0.25) is 5.02 Å². The van der Waals surface area contributed by atoms with E-state index in [2.05, 4.69) is 29.1 Å². The third-order valence-electron chi connectivity index (χ3n) is 2.59. The standard InChI is InChI=1S/C15H18ClN3O/c1-11(2)8-18-10-14-13(16)5-6-15(19-14)20-12-4-3-7-17-9-12/h3-7,9,11,18H,8,10H2,1-2H3. The van der Waals surface area contributed by atoms with Crippen LogP contribution in [0.3, 0.4) is 0 Å². The lowest BCUT2D eigenvalue weighted by Gasteiger charge is -2.10. The van der Waals surface area contributed by atoms with Gasteiger partial charge in [0.1, 0.15) is 5.75 Å². The second-order valence-electron chi connectivity index (χ2n) is 4.89.